The maximum atomic E-state index is 3.66. The van der Waals surface area contributed by atoms with E-state index < -0.39 is 0 Å². The lowest BCUT2D eigenvalue weighted by Crippen LogP contribution is -2.25. The van der Waals surface area contributed by atoms with Gasteiger partial charge in [-0.2, -0.15) is 0 Å². The van der Waals surface area contributed by atoms with E-state index in [1.165, 1.54) is 22.3 Å². The molecule has 0 fully saturated rings. The molecule has 0 saturated carbocycles. The first kappa shape index (κ1) is 23.5. The van der Waals surface area contributed by atoms with Crippen LogP contribution in [-0.4, -0.2) is 23.9 Å². The van der Waals surface area contributed by atoms with Crippen LogP contribution in [0.1, 0.15) is 34.3 Å². The Morgan fingerprint density at radius 3 is 1.09 bits per heavy atom. The van der Waals surface area contributed by atoms with Gasteiger partial charge in [0, 0.05) is 13.1 Å². The summed E-state index contributed by atoms with van der Waals surface area (Å²) < 4.78 is 0. The van der Waals surface area contributed by atoms with Crippen LogP contribution in [0.3, 0.4) is 0 Å². The Balaban J connectivity index is 1.65. The van der Waals surface area contributed by atoms with Crippen molar-refractivity contribution < 1.29 is 0 Å². The molecule has 170 valence electrons. The summed E-state index contributed by atoms with van der Waals surface area (Å²) in [4.78, 5) is 4.66. The van der Waals surface area contributed by atoms with E-state index in [4.69, 9.17) is 0 Å². The second kappa shape index (κ2) is 12.0. The maximum absolute atomic E-state index is 3.66. The predicted molar refractivity (Wildman–Crippen MR) is 142 cm³/mol. The second-order valence-corrected chi connectivity index (χ2v) is 8.72. The summed E-state index contributed by atoms with van der Waals surface area (Å²) in [6, 6.07) is 42.4. The van der Waals surface area contributed by atoms with Crippen LogP contribution in [0.25, 0.3) is 0 Å². The van der Waals surface area contributed by atoms with Crippen LogP contribution >= 0.6 is 0 Å². The minimum atomic E-state index is -0.00209. The third-order valence-electron chi connectivity index (χ3n) is 6.02. The molecule has 4 aromatic rings. The van der Waals surface area contributed by atoms with Gasteiger partial charge in [0.25, 0.3) is 0 Å². The predicted octanol–water partition coefficient (Wildman–Crippen LogP) is 6.74. The Kier molecular flexibility index (Phi) is 8.30. The monoisotopic (exact) mass is 444 g/mol. The van der Waals surface area contributed by atoms with Gasteiger partial charge in [0.15, 0.2) is 0 Å². The lowest BCUT2D eigenvalue weighted by atomic mass is 10.0. The van der Waals surface area contributed by atoms with Gasteiger partial charge < -0.3 is 0 Å². The lowest BCUT2D eigenvalue weighted by molar-refractivity contribution is 0.277. The van der Waals surface area contributed by atoms with Crippen molar-refractivity contribution in [3.63, 3.8) is 0 Å². The molecular weight excluding hydrogens is 412 g/mol. The largest absolute Gasteiger partial charge is 0.285 e. The van der Waals surface area contributed by atoms with Gasteiger partial charge >= 0.3 is 0 Å². The fourth-order valence-electron chi connectivity index (χ4n) is 4.25. The van der Waals surface area contributed by atoms with E-state index in [2.05, 4.69) is 157 Å². The number of benzene rings is 4. The van der Waals surface area contributed by atoms with Crippen LogP contribution in [0.4, 0.5) is 0 Å². The summed E-state index contributed by atoms with van der Waals surface area (Å²) in [5, 5.41) is 0. The van der Waals surface area contributed by atoms with Crippen molar-refractivity contribution in [3.8, 4) is 11.8 Å². The van der Waals surface area contributed by atoms with Crippen molar-refractivity contribution >= 4 is 0 Å². The highest BCUT2D eigenvalue weighted by Crippen LogP contribution is 2.24. The molecule has 0 spiro atoms. The Bertz CT molecular complexity index is 1080. The molecule has 2 atom stereocenters. The zero-order chi connectivity index (χ0) is 23.6. The molecule has 4 rings (SSSR count). The number of rotatable bonds is 8. The van der Waals surface area contributed by atoms with Crippen LogP contribution in [0, 0.1) is 11.8 Å². The van der Waals surface area contributed by atoms with Crippen molar-refractivity contribution in [3.05, 3.63) is 144 Å². The first-order valence-electron chi connectivity index (χ1n) is 11.8. The molecule has 2 nitrogen and oxygen atoms in total. The summed E-state index contributed by atoms with van der Waals surface area (Å²) in [5.74, 6) is 7.31. The van der Waals surface area contributed by atoms with Crippen molar-refractivity contribution in [1.29, 1.82) is 0 Å². The Morgan fingerprint density at radius 1 is 0.471 bits per heavy atom. The molecule has 0 aliphatic heterocycles. The zero-order valence-corrected chi connectivity index (χ0v) is 20.0. The molecule has 2 unspecified atom stereocenters. The Morgan fingerprint density at radius 2 is 0.765 bits per heavy atom. The summed E-state index contributed by atoms with van der Waals surface area (Å²) in [5.41, 5.74) is 5.00. The van der Waals surface area contributed by atoms with Crippen LogP contribution in [0.5, 0.6) is 0 Å². The average molecular weight is 445 g/mol. The fourth-order valence-corrected chi connectivity index (χ4v) is 4.25. The highest BCUT2D eigenvalue weighted by Gasteiger charge is 2.18. The third-order valence-corrected chi connectivity index (χ3v) is 6.02. The van der Waals surface area contributed by atoms with Gasteiger partial charge in [0.1, 0.15) is 0 Å². The van der Waals surface area contributed by atoms with Gasteiger partial charge in [-0.3, -0.25) is 9.80 Å². The van der Waals surface area contributed by atoms with Crippen LogP contribution in [0.15, 0.2) is 121 Å². The van der Waals surface area contributed by atoms with Crippen LogP contribution in [0.2, 0.25) is 0 Å². The molecule has 0 heterocycles. The fraction of sp³-hybridized carbons (Fsp3) is 0.188. The molecular formula is C32H32N2. The zero-order valence-electron chi connectivity index (χ0n) is 20.0. The maximum Gasteiger partial charge on any atom is 0.0971 e. The summed E-state index contributed by atoms with van der Waals surface area (Å²) in [6.07, 6.45) is 0. The van der Waals surface area contributed by atoms with E-state index in [1.54, 1.807) is 0 Å². The molecule has 0 aromatic heterocycles. The minimum absolute atomic E-state index is 0.00209. The van der Waals surface area contributed by atoms with Crippen LogP contribution in [-0.2, 0) is 13.1 Å². The molecule has 4 aromatic carbocycles. The summed E-state index contributed by atoms with van der Waals surface area (Å²) in [7, 11) is 4.31. The summed E-state index contributed by atoms with van der Waals surface area (Å²) in [6.45, 7) is 1.68. The van der Waals surface area contributed by atoms with E-state index >= 15 is 0 Å². The van der Waals surface area contributed by atoms with Crippen molar-refractivity contribution in [2.24, 2.45) is 0 Å². The first-order chi connectivity index (χ1) is 16.7. The molecule has 0 radical (unpaired) electrons. The molecule has 34 heavy (non-hydrogen) atoms. The average Bonchev–Trinajstić information content (AvgIpc) is 2.89. The normalized spacial score (nSPS) is 12.7. The van der Waals surface area contributed by atoms with E-state index in [-0.39, 0.29) is 12.1 Å². The van der Waals surface area contributed by atoms with Crippen molar-refractivity contribution in [2.45, 2.75) is 25.2 Å². The molecule has 0 bridgehead atoms. The van der Waals surface area contributed by atoms with Gasteiger partial charge in [-0.25, -0.2) is 0 Å². The van der Waals surface area contributed by atoms with Crippen LogP contribution < -0.4 is 0 Å². The Labute approximate surface area is 204 Å². The molecule has 0 aliphatic rings. The van der Waals surface area contributed by atoms with Gasteiger partial charge in [0.05, 0.1) is 12.1 Å². The highest BCUT2D eigenvalue weighted by atomic mass is 15.1. The SMILES string of the molecule is CN(Cc1ccccc1)C(C#CC(c1ccccc1)N(C)Cc1ccccc1)c1ccccc1. The standard InChI is InChI=1S/C32H32N2/c1-33(25-27-15-7-3-8-16-27)31(29-19-11-5-12-20-29)23-24-32(30-21-13-6-14-22-30)34(2)26-28-17-9-4-10-18-28/h3-22,31-32H,25-26H2,1-2H3. The molecule has 0 saturated heterocycles. The smallest absolute Gasteiger partial charge is 0.0971 e. The van der Waals surface area contributed by atoms with E-state index in [0.29, 0.717) is 0 Å². The summed E-state index contributed by atoms with van der Waals surface area (Å²) >= 11 is 0. The minimum Gasteiger partial charge on any atom is -0.285 e. The molecule has 0 aliphatic carbocycles. The lowest BCUT2D eigenvalue weighted by Gasteiger charge is -2.27. The van der Waals surface area contributed by atoms with E-state index in [1.807, 2.05) is 0 Å². The van der Waals surface area contributed by atoms with Gasteiger partial charge in [0.2, 0.25) is 0 Å². The second-order valence-electron chi connectivity index (χ2n) is 8.72. The van der Waals surface area contributed by atoms with E-state index in [9.17, 15) is 0 Å². The van der Waals surface area contributed by atoms with Crippen molar-refractivity contribution in [1.82, 2.24) is 9.80 Å². The number of hydrogen-bond acceptors (Lipinski definition) is 2. The topological polar surface area (TPSA) is 6.48 Å². The van der Waals surface area contributed by atoms with Gasteiger partial charge in [-0.1, -0.05) is 133 Å². The van der Waals surface area contributed by atoms with Gasteiger partial charge in [-0.05, 0) is 36.3 Å². The number of hydrogen-bond donors (Lipinski definition) is 0. The third kappa shape index (κ3) is 6.45. The molecule has 0 amide bonds. The molecule has 0 N–H and O–H groups in total. The quantitative estimate of drug-likeness (QED) is 0.278. The first-order valence-corrected chi connectivity index (χ1v) is 11.8. The van der Waals surface area contributed by atoms with E-state index in [0.717, 1.165) is 13.1 Å². The highest BCUT2D eigenvalue weighted by molar-refractivity contribution is 5.33. The Hall–Kier alpha value is -3.64. The van der Waals surface area contributed by atoms with Gasteiger partial charge in [-0.15, -0.1) is 0 Å². The number of nitrogens with zero attached hydrogens (tertiary/aromatic N) is 2. The molecule has 2 heteroatoms. The van der Waals surface area contributed by atoms with Crippen molar-refractivity contribution in [2.75, 3.05) is 14.1 Å².